The fraction of sp³-hybridized carbons (Fsp3) is 0.294. The van der Waals surface area contributed by atoms with Crippen molar-refractivity contribution in [3.63, 3.8) is 0 Å². The summed E-state index contributed by atoms with van der Waals surface area (Å²) < 4.78 is 12.0. The van der Waals surface area contributed by atoms with Gasteiger partial charge in [0.1, 0.15) is 6.67 Å². The maximum Gasteiger partial charge on any atom is 0.314 e. The lowest BCUT2D eigenvalue weighted by atomic mass is 9.94. The number of nitrogens with one attached hydrogen (secondary N) is 2. The van der Waals surface area contributed by atoms with E-state index in [-0.39, 0.29) is 12.6 Å². The average molecular weight is 301 g/mol. The van der Waals surface area contributed by atoms with Gasteiger partial charge in [-0.05, 0) is 36.1 Å². The highest BCUT2D eigenvalue weighted by Crippen LogP contribution is 2.26. The summed E-state index contributed by atoms with van der Waals surface area (Å²) in [6, 6.07) is 9.72. The lowest BCUT2D eigenvalue weighted by molar-refractivity contribution is 0.240. The molecule has 0 aliphatic rings. The van der Waals surface area contributed by atoms with Crippen LogP contribution in [0, 0.1) is 6.92 Å². The SMILES string of the molecule is Cc1cccc(CCNC(=O)NCCF)c1-c1cccnc1. The number of pyridine rings is 1. The van der Waals surface area contributed by atoms with Gasteiger partial charge in [0.05, 0.1) is 0 Å². The number of halogens is 1. The summed E-state index contributed by atoms with van der Waals surface area (Å²) in [5.74, 6) is 0. The van der Waals surface area contributed by atoms with Crippen LogP contribution >= 0.6 is 0 Å². The molecule has 2 aromatic rings. The lowest BCUT2D eigenvalue weighted by Gasteiger charge is -2.13. The zero-order chi connectivity index (χ0) is 15.8. The van der Waals surface area contributed by atoms with E-state index in [0.717, 1.165) is 16.7 Å². The quantitative estimate of drug-likeness (QED) is 0.862. The van der Waals surface area contributed by atoms with Gasteiger partial charge in [-0.25, -0.2) is 9.18 Å². The van der Waals surface area contributed by atoms with Gasteiger partial charge in [0.25, 0.3) is 0 Å². The van der Waals surface area contributed by atoms with Crippen molar-refractivity contribution in [3.05, 3.63) is 53.9 Å². The fourth-order valence-electron chi connectivity index (χ4n) is 2.39. The van der Waals surface area contributed by atoms with Crippen molar-refractivity contribution in [2.75, 3.05) is 19.8 Å². The van der Waals surface area contributed by atoms with E-state index in [9.17, 15) is 9.18 Å². The molecule has 0 aliphatic carbocycles. The van der Waals surface area contributed by atoms with Crippen molar-refractivity contribution in [2.24, 2.45) is 0 Å². The summed E-state index contributed by atoms with van der Waals surface area (Å²) in [5.41, 5.74) is 4.55. The first-order valence-electron chi connectivity index (χ1n) is 7.29. The van der Waals surface area contributed by atoms with Crippen LogP contribution in [0.15, 0.2) is 42.7 Å². The number of nitrogens with zero attached hydrogens (tertiary/aromatic N) is 1. The predicted octanol–water partition coefficient (Wildman–Crippen LogP) is 2.87. The van der Waals surface area contributed by atoms with E-state index in [2.05, 4.69) is 34.7 Å². The first kappa shape index (κ1) is 15.9. The van der Waals surface area contributed by atoms with Gasteiger partial charge >= 0.3 is 6.03 Å². The molecule has 2 N–H and O–H groups in total. The first-order chi connectivity index (χ1) is 10.7. The van der Waals surface area contributed by atoms with E-state index in [1.54, 1.807) is 6.20 Å². The van der Waals surface area contributed by atoms with Crippen LogP contribution < -0.4 is 10.6 Å². The van der Waals surface area contributed by atoms with E-state index in [1.807, 2.05) is 24.4 Å². The van der Waals surface area contributed by atoms with Crippen LogP contribution in [0.25, 0.3) is 11.1 Å². The molecular formula is C17H20FN3O. The molecule has 116 valence electrons. The molecule has 0 atom stereocenters. The minimum absolute atomic E-state index is 0.0389. The van der Waals surface area contributed by atoms with Gasteiger partial charge in [-0.15, -0.1) is 0 Å². The molecule has 2 rings (SSSR count). The number of carbonyl (C=O) groups is 1. The molecule has 1 aromatic carbocycles. The van der Waals surface area contributed by atoms with Crippen LogP contribution in [0.1, 0.15) is 11.1 Å². The molecular weight excluding hydrogens is 281 g/mol. The molecule has 5 heteroatoms. The Morgan fingerprint density at radius 1 is 1.18 bits per heavy atom. The van der Waals surface area contributed by atoms with Gasteiger partial charge in [0.15, 0.2) is 0 Å². The van der Waals surface area contributed by atoms with Crippen LogP contribution in [0.2, 0.25) is 0 Å². The molecule has 0 spiro atoms. The normalized spacial score (nSPS) is 10.3. The molecule has 1 heterocycles. The third-order valence-electron chi connectivity index (χ3n) is 3.37. The number of amides is 2. The maximum absolute atomic E-state index is 12.0. The van der Waals surface area contributed by atoms with Gasteiger partial charge in [-0.3, -0.25) is 4.98 Å². The molecule has 0 saturated carbocycles. The molecule has 0 unspecified atom stereocenters. The predicted molar refractivity (Wildman–Crippen MR) is 85.5 cm³/mol. The van der Waals surface area contributed by atoms with E-state index < -0.39 is 6.67 Å². The summed E-state index contributed by atoms with van der Waals surface area (Å²) in [4.78, 5) is 15.6. The zero-order valence-electron chi connectivity index (χ0n) is 12.6. The summed E-state index contributed by atoms with van der Waals surface area (Å²) in [6.45, 7) is 2.04. The summed E-state index contributed by atoms with van der Waals surface area (Å²) in [5, 5.41) is 5.17. The van der Waals surface area contributed by atoms with Crippen molar-refractivity contribution < 1.29 is 9.18 Å². The standard InChI is InChI=1S/C17H20FN3O/c1-13-4-2-5-14(7-10-20-17(22)21-11-8-18)16(13)15-6-3-9-19-12-15/h2-6,9,12H,7-8,10-11H2,1H3,(H2,20,21,22). The highest BCUT2D eigenvalue weighted by molar-refractivity contribution is 5.74. The highest BCUT2D eigenvalue weighted by Gasteiger charge is 2.08. The Labute approximate surface area is 129 Å². The van der Waals surface area contributed by atoms with Crippen LogP contribution in [0.4, 0.5) is 9.18 Å². The maximum atomic E-state index is 12.0. The number of hydrogen-bond donors (Lipinski definition) is 2. The Balaban J connectivity index is 2.06. The Bertz CT molecular complexity index is 617. The van der Waals surface area contributed by atoms with E-state index in [1.165, 1.54) is 5.56 Å². The number of carbonyl (C=O) groups excluding carboxylic acids is 1. The molecule has 0 bridgehead atoms. The molecule has 2 amide bonds. The van der Waals surface area contributed by atoms with Crippen molar-refractivity contribution in [1.82, 2.24) is 15.6 Å². The fourth-order valence-corrected chi connectivity index (χ4v) is 2.39. The second-order valence-corrected chi connectivity index (χ2v) is 4.97. The Hall–Kier alpha value is -2.43. The van der Waals surface area contributed by atoms with E-state index >= 15 is 0 Å². The molecule has 0 aliphatic heterocycles. The monoisotopic (exact) mass is 301 g/mol. The summed E-state index contributed by atoms with van der Waals surface area (Å²) >= 11 is 0. The number of rotatable bonds is 6. The number of alkyl halides is 1. The lowest BCUT2D eigenvalue weighted by Crippen LogP contribution is -2.37. The molecule has 4 nitrogen and oxygen atoms in total. The molecule has 1 aromatic heterocycles. The Kier molecular flexibility index (Phi) is 5.89. The highest BCUT2D eigenvalue weighted by atomic mass is 19.1. The van der Waals surface area contributed by atoms with Gasteiger partial charge in [0, 0.05) is 31.0 Å². The zero-order valence-corrected chi connectivity index (χ0v) is 12.6. The number of benzene rings is 1. The van der Waals surface area contributed by atoms with Crippen LogP contribution in [0.5, 0.6) is 0 Å². The number of aryl methyl sites for hydroxylation is 1. The third kappa shape index (κ3) is 4.28. The topological polar surface area (TPSA) is 54.0 Å². The Morgan fingerprint density at radius 3 is 2.73 bits per heavy atom. The molecule has 22 heavy (non-hydrogen) atoms. The second kappa shape index (κ2) is 8.12. The molecule has 0 radical (unpaired) electrons. The summed E-state index contributed by atoms with van der Waals surface area (Å²) in [6.07, 6.45) is 4.29. The molecule has 0 fully saturated rings. The first-order valence-corrected chi connectivity index (χ1v) is 7.29. The summed E-state index contributed by atoms with van der Waals surface area (Å²) in [7, 11) is 0. The Morgan fingerprint density at radius 2 is 2.00 bits per heavy atom. The molecule has 0 saturated heterocycles. The van der Waals surface area contributed by atoms with Gasteiger partial charge in [0.2, 0.25) is 0 Å². The number of urea groups is 1. The minimum atomic E-state index is -0.559. The van der Waals surface area contributed by atoms with Crippen LogP contribution in [-0.2, 0) is 6.42 Å². The smallest absolute Gasteiger partial charge is 0.314 e. The second-order valence-electron chi connectivity index (χ2n) is 4.97. The van der Waals surface area contributed by atoms with Crippen molar-refractivity contribution in [3.8, 4) is 11.1 Å². The number of hydrogen-bond acceptors (Lipinski definition) is 2. The van der Waals surface area contributed by atoms with Crippen LogP contribution in [0.3, 0.4) is 0 Å². The van der Waals surface area contributed by atoms with Gasteiger partial charge < -0.3 is 10.6 Å². The van der Waals surface area contributed by atoms with Crippen LogP contribution in [-0.4, -0.2) is 30.8 Å². The van der Waals surface area contributed by atoms with E-state index in [4.69, 9.17) is 0 Å². The third-order valence-corrected chi connectivity index (χ3v) is 3.37. The van der Waals surface area contributed by atoms with E-state index in [0.29, 0.717) is 13.0 Å². The van der Waals surface area contributed by atoms with Crippen molar-refractivity contribution >= 4 is 6.03 Å². The van der Waals surface area contributed by atoms with Crippen molar-refractivity contribution in [2.45, 2.75) is 13.3 Å². The minimum Gasteiger partial charge on any atom is -0.338 e. The average Bonchev–Trinajstić information content (AvgIpc) is 2.54. The van der Waals surface area contributed by atoms with Crippen molar-refractivity contribution in [1.29, 1.82) is 0 Å². The van der Waals surface area contributed by atoms with Gasteiger partial charge in [-0.2, -0.15) is 0 Å². The largest absolute Gasteiger partial charge is 0.338 e. The number of aromatic nitrogens is 1. The van der Waals surface area contributed by atoms with Gasteiger partial charge in [-0.1, -0.05) is 24.3 Å².